The molecule has 1 saturated heterocycles. The SMILES string of the molecule is Cc1cc(C2CCNCC2)n[nH]1.Cl.Cl. The van der Waals surface area contributed by atoms with Crippen molar-refractivity contribution in [3.05, 3.63) is 17.5 Å². The fraction of sp³-hybridized carbons (Fsp3) is 0.667. The molecule has 3 nitrogen and oxygen atoms in total. The highest BCUT2D eigenvalue weighted by Crippen LogP contribution is 2.23. The van der Waals surface area contributed by atoms with Gasteiger partial charge in [0.05, 0.1) is 5.69 Å². The molecule has 14 heavy (non-hydrogen) atoms. The third-order valence-electron chi connectivity index (χ3n) is 2.48. The van der Waals surface area contributed by atoms with Crippen LogP contribution < -0.4 is 5.32 Å². The largest absolute Gasteiger partial charge is 0.317 e. The zero-order valence-corrected chi connectivity index (χ0v) is 9.88. The van der Waals surface area contributed by atoms with Gasteiger partial charge >= 0.3 is 0 Å². The van der Waals surface area contributed by atoms with Gasteiger partial charge in [0.2, 0.25) is 0 Å². The van der Waals surface area contributed by atoms with Crippen molar-refractivity contribution in [2.24, 2.45) is 0 Å². The van der Waals surface area contributed by atoms with Crippen LogP contribution in [0.4, 0.5) is 0 Å². The lowest BCUT2D eigenvalue weighted by Gasteiger charge is -2.20. The van der Waals surface area contributed by atoms with Gasteiger partial charge in [-0.05, 0) is 38.9 Å². The van der Waals surface area contributed by atoms with Gasteiger partial charge in [0.15, 0.2) is 0 Å². The molecular formula is C9H17Cl2N3. The van der Waals surface area contributed by atoms with E-state index in [-0.39, 0.29) is 24.8 Å². The van der Waals surface area contributed by atoms with Crippen molar-refractivity contribution in [1.82, 2.24) is 15.5 Å². The number of hydrogen-bond donors (Lipinski definition) is 2. The summed E-state index contributed by atoms with van der Waals surface area (Å²) in [5, 5.41) is 10.6. The van der Waals surface area contributed by atoms with E-state index in [1.54, 1.807) is 0 Å². The van der Waals surface area contributed by atoms with Crippen LogP contribution >= 0.6 is 24.8 Å². The van der Waals surface area contributed by atoms with Crippen molar-refractivity contribution in [2.75, 3.05) is 13.1 Å². The van der Waals surface area contributed by atoms with Crippen molar-refractivity contribution >= 4 is 24.8 Å². The summed E-state index contributed by atoms with van der Waals surface area (Å²) in [6.45, 7) is 4.32. The minimum Gasteiger partial charge on any atom is -0.317 e. The second-order valence-corrected chi connectivity index (χ2v) is 3.50. The van der Waals surface area contributed by atoms with Gasteiger partial charge in [-0.25, -0.2) is 0 Å². The number of nitrogens with one attached hydrogen (secondary N) is 2. The average Bonchev–Trinajstić information content (AvgIpc) is 2.54. The number of aryl methyl sites for hydroxylation is 1. The summed E-state index contributed by atoms with van der Waals surface area (Å²) >= 11 is 0. The molecule has 0 aliphatic carbocycles. The molecule has 0 saturated carbocycles. The molecule has 0 amide bonds. The topological polar surface area (TPSA) is 40.7 Å². The fourth-order valence-electron chi connectivity index (χ4n) is 1.77. The van der Waals surface area contributed by atoms with Gasteiger partial charge in [0.25, 0.3) is 0 Å². The molecule has 0 bridgehead atoms. The quantitative estimate of drug-likeness (QED) is 0.785. The second-order valence-electron chi connectivity index (χ2n) is 3.50. The standard InChI is InChI=1S/C9H15N3.2ClH/c1-7-6-9(12-11-7)8-2-4-10-5-3-8;;/h6,8,10H,2-5H2,1H3,(H,11,12);2*1H. The van der Waals surface area contributed by atoms with Gasteiger partial charge in [-0.3, -0.25) is 5.10 Å². The van der Waals surface area contributed by atoms with Crippen molar-refractivity contribution < 1.29 is 0 Å². The minimum atomic E-state index is 0. The average molecular weight is 238 g/mol. The van der Waals surface area contributed by atoms with Crippen LogP contribution in [-0.2, 0) is 0 Å². The first-order valence-electron chi connectivity index (χ1n) is 4.59. The Morgan fingerprint density at radius 2 is 1.93 bits per heavy atom. The van der Waals surface area contributed by atoms with Crippen LogP contribution in [0.25, 0.3) is 0 Å². The fourth-order valence-corrected chi connectivity index (χ4v) is 1.77. The number of halogens is 2. The monoisotopic (exact) mass is 237 g/mol. The van der Waals surface area contributed by atoms with Gasteiger partial charge in [0, 0.05) is 11.6 Å². The van der Waals surface area contributed by atoms with E-state index < -0.39 is 0 Å². The number of nitrogens with zero attached hydrogens (tertiary/aromatic N) is 1. The Morgan fingerprint density at radius 1 is 1.29 bits per heavy atom. The van der Waals surface area contributed by atoms with Crippen LogP contribution in [0.1, 0.15) is 30.1 Å². The lowest BCUT2D eigenvalue weighted by atomic mass is 9.95. The molecule has 82 valence electrons. The maximum atomic E-state index is 4.29. The Kier molecular flexibility index (Phi) is 6.16. The second kappa shape index (κ2) is 6.27. The Balaban J connectivity index is 0.000000845. The molecule has 2 heterocycles. The normalized spacial score (nSPS) is 16.9. The first-order chi connectivity index (χ1) is 5.86. The lowest BCUT2D eigenvalue weighted by molar-refractivity contribution is 0.453. The third kappa shape index (κ3) is 3.15. The van der Waals surface area contributed by atoms with E-state index in [1.165, 1.54) is 24.2 Å². The number of rotatable bonds is 1. The number of piperidine rings is 1. The molecule has 2 rings (SSSR count). The van der Waals surface area contributed by atoms with E-state index in [0.717, 1.165) is 13.1 Å². The summed E-state index contributed by atoms with van der Waals surface area (Å²) in [5.41, 5.74) is 2.41. The molecule has 1 aromatic heterocycles. The zero-order chi connectivity index (χ0) is 8.39. The highest BCUT2D eigenvalue weighted by atomic mass is 35.5. The molecule has 1 aliphatic rings. The Hall–Kier alpha value is -0.250. The van der Waals surface area contributed by atoms with E-state index in [9.17, 15) is 0 Å². The minimum absolute atomic E-state index is 0. The number of H-pyrrole nitrogens is 1. The highest BCUT2D eigenvalue weighted by Gasteiger charge is 2.16. The van der Waals surface area contributed by atoms with Gasteiger partial charge in [-0.1, -0.05) is 0 Å². The number of aromatic amines is 1. The molecule has 0 atom stereocenters. The molecule has 0 aromatic carbocycles. The first-order valence-corrected chi connectivity index (χ1v) is 4.59. The van der Waals surface area contributed by atoms with Crippen molar-refractivity contribution in [3.63, 3.8) is 0 Å². The number of hydrogen-bond acceptors (Lipinski definition) is 2. The van der Waals surface area contributed by atoms with Crippen LogP contribution in [-0.4, -0.2) is 23.3 Å². The summed E-state index contributed by atoms with van der Waals surface area (Å²) in [5.74, 6) is 0.677. The smallest absolute Gasteiger partial charge is 0.0656 e. The van der Waals surface area contributed by atoms with Crippen LogP contribution in [0.2, 0.25) is 0 Å². The van der Waals surface area contributed by atoms with Gasteiger partial charge in [0.1, 0.15) is 0 Å². The zero-order valence-electron chi connectivity index (χ0n) is 8.25. The van der Waals surface area contributed by atoms with E-state index in [4.69, 9.17) is 0 Å². The van der Waals surface area contributed by atoms with Crippen molar-refractivity contribution in [2.45, 2.75) is 25.7 Å². The van der Waals surface area contributed by atoms with Crippen molar-refractivity contribution in [3.8, 4) is 0 Å². The van der Waals surface area contributed by atoms with E-state index in [0.29, 0.717) is 5.92 Å². The van der Waals surface area contributed by atoms with Crippen LogP contribution in [0.5, 0.6) is 0 Å². The van der Waals surface area contributed by atoms with Gasteiger partial charge in [-0.2, -0.15) is 5.10 Å². The van der Waals surface area contributed by atoms with Crippen LogP contribution in [0.15, 0.2) is 6.07 Å². The summed E-state index contributed by atoms with van der Waals surface area (Å²) in [7, 11) is 0. The molecule has 2 N–H and O–H groups in total. The third-order valence-corrected chi connectivity index (χ3v) is 2.48. The summed E-state index contributed by atoms with van der Waals surface area (Å²) in [6, 6.07) is 2.16. The van der Waals surface area contributed by atoms with Crippen LogP contribution in [0.3, 0.4) is 0 Å². The highest BCUT2D eigenvalue weighted by molar-refractivity contribution is 5.85. The Labute approximate surface area is 96.9 Å². The summed E-state index contributed by atoms with van der Waals surface area (Å²) in [6.07, 6.45) is 2.45. The molecule has 0 radical (unpaired) electrons. The molecule has 0 unspecified atom stereocenters. The Morgan fingerprint density at radius 3 is 2.43 bits per heavy atom. The number of aromatic nitrogens is 2. The maximum Gasteiger partial charge on any atom is 0.0656 e. The van der Waals surface area contributed by atoms with E-state index in [2.05, 4.69) is 28.5 Å². The molecule has 1 aromatic rings. The predicted octanol–water partition coefficient (Wildman–Crippen LogP) is 2.03. The summed E-state index contributed by atoms with van der Waals surface area (Å²) < 4.78 is 0. The molecular weight excluding hydrogens is 221 g/mol. The summed E-state index contributed by atoms with van der Waals surface area (Å²) in [4.78, 5) is 0. The molecule has 1 fully saturated rings. The predicted molar refractivity (Wildman–Crippen MR) is 62.7 cm³/mol. The first kappa shape index (κ1) is 13.8. The van der Waals surface area contributed by atoms with Crippen LogP contribution in [0, 0.1) is 6.92 Å². The molecule has 5 heteroatoms. The van der Waals surface area contributed by atoms with E-state index >= 15 is 0 Å². The van der Waals surface area contributed by atoms with Gasteiger partial charge in [-0.15, -0.1) is 24.8 Å². The van der Waals surface area contributed by atoms with Gasteiger partial charge < -0.3 is 5.32 Å². The molecule has 1 aliphatic heterocycles. The lowest BCUT2D eigenvalue weighted by Crippen LogP contribution is -2.26. The molecule has 0 spiro atoms. The van der Waals surface area contributed by atoms with Crippen molar-refractivity contribution in [1.29, 1.82) is 0 Å². The maximum absolute atomic E-state index is 4.29. The Bertz CT molecular complexity index is 256. The van der Waals surface area contributed by atoms with E-state index in [1.807, 2.05) is 0 Å².